The molecule has 4 nitrogen and oxygen atoms in total. The van der Waals surface area contributed by atoms with Crippen LogP contribution in [0.1, 0.15) is 37.0 Å². The lowest BCUT2D eigenvalue weighted by molar-refractivity contribution is 0.345. The summed E-state index contributed by atoms with van der Waals surface area (Å²) in [7, 11) is 0. The molecule has 0 amide bonds. The maximum Gasteiger partial charge on any atom is 0.228 e. The summed E-state index contributed by atoms with van der Waals surface area (Å²) < 4.78 is 6.49. The van der Waals surface area contributed by atoms with E-state index in [0.29, 0.717) is 12.5 Å². The van der Waals surface area contributed by atoms with Crippen molar-refractivity contribution in [2.24, 2.45) is 5.92 Å². The molecule has 1 heterocycles. The van der Waals surface area contributed by atoms with Gasteiger partial charge >= 0.3 is 0 Å². The molecular weight excluding hydrogens is 330 g/mol. The molecule has 0 spiro atoms. The van der Waals surface area contributed by atoms with E-state index in [1.54, 1.807) is 0 Å². The van der Waals surface area contributed by atoms with Crippen LogP contribution in [-0.4, -0.2) is 22.7 Å². The van der Waals surface area contributed by atoms with Gasteiger partial charge in [0.2, 0.25) is 5.89 Å². The van der Waals surface area contributed by atoms with E-state index >= 15 is 0 Å². The van der Waals surface area contributed by atoms with Crippen molar-refractivity contribution in [1.29, 1.82) is 0 Å². The second-order valence-corrected chi connectivity index (χ2v) is 6.53. The summed E-state index contributed by atoms with van der Waals surface area (Å²) in [5.41, 5.74) is 1.19. The van der Waals surface area contributed by atoms with Crippen molar-refractivity contribution in [2.75, 3.05) is 6.54 Å². The van der Waals surface area contributed by atoms with Gasteiger partial charge in [-0.25, -0.2) is 0 Å². The third kappa shape index (κ3) is 4.14. The number of nitrogens with one attached hydrogen (secondary N) is 1. The first-order chi connectivity index (χ1) is 10.2. The van der Waals surface area contributed by atoms with Gasteiger partial charge in [0.15, 0.2) is 5.82 Å². The van der Waals surface area contributed by atoms with Crippen LogP contribution in [0.25, 0.3) is 0 Å². The lowest BCUT2D eigenvalue weighted by atomic mass is 10.1. The van der Waals surface area contributed by atoms with E-state index in [2.05, 4.69) is 50.4 Å². The van der Waals surface area contributed by atoms with Gasteiger partial charge < -0.3 is 9.84 Å². The third-order valence-corrected chi connectivity index (χ3v) is 4.37. The largest absolute Gasteiger partial charge is 0.339 e. The quantitative estimate of drug-likeness (QED) is 0.832. The Labute approximate surface area is 133 Å². The van der Waals surface area contributed by atoms with Gasteiger partial charge in [-0.15, -0.1) is 0 Å². The minimum atomic E-state index is 0.482. The van der Waals surface area contributed by atoms with Gasteiger partial charge in [-0.2, -0.15) is 4.98 Å². The first kappa shape index (κ1) is 14.7. The predicted molar refractivity (Wildman–Crippen MR) is 85.1 cm³/mol. The molecule has 1 aromatic carbocycles. The lowest BCUT2D eigenvalue weighted by Gasteiger charge is -2.14. The van der Waals surface area contributed by atoms with Gasteiger partial charge in [0, 0.05) is 23.4 Å². The Morgan fingerprint density at radius 3 is 2.76 bits per heavy atom. The van der Waals surface area contributed by atoms with Gasteiger partial charge in [0.1, 0.15) is 0 Å². The van der Waals surface area contributed by atoms with E-state index in [1.165, 1.54) is 18.4 Å². The molecule has 1 aliphatic carbocycles. The lowest BCUT2D eigenvalue weighted by Crippen LogP contribution is -2.33. The Hall–Kier alpha value is -1.20. The Morgan fingerprint density at radius 1 is 1.33 bits per heavy atom. The van der Waals surface area contributed by atoms with Crippen molar-refractivity contribution < 1.29 is 4.52 Å². The summed E-state index contributed by atoms with van der Waals surface area (Å²) in [6.45, 7) is 3.13. The number of hydrogen-bond donors (Lipinski definition) is 1. The molecule has 0 aliphatic heterocycles. The fourth-order valence-corrected chi connectivity index (χ4v) is 2.85. The summed E-state index contributed by atoms with van der Waals surface area (Å²) >= 11 is 3.44. The highest BCUT2D eigenvalue weighted by Gasteiger charge is 2.31. The van der Waals surface area contributed by atoms with Gasteiger partial charge in [0.25, 0.3) is 0 Å². The second kappa shape index (κ2) is 6.71. The minimum Gasteiger partial charge on any atom is -0.339 e. The Kier molecular flexibility index (Phi) is 4.70. The van der Waals surface area contributed by atoms with Crippen molar-refractivity contribution in [2.45, 2.75) is 38.6 Å². The molecule has 1 atom stereocenters. The molecule has 5 heteroatoms. The number of aromatic nitrogens is 2. The minimum absolute atomic E-state index is 0.482. The first-order valence-electron chi connectivity index (χ1n) is 7.54. The van der Waals surface area contributed by atoms with E-state index in [9.17, 15) is 0 Å². The van der Waals surface area contributed by atoms with Crippen LogP contribution in [0.4, 0.5) is 0 Å². The molecule has 0 radical (unpaired) electrons. The van der Waals surface area contributed by atoms with Crippen LogP contribution >= 0.6 is 15.9 Å². The molecule has 112 valence electrons. The monoisotopic (exact) mass is 349 g/mol. The molecule has 3 rings (SSSR count). The van der Waals surface area contributed by atoms with Crippen LogP contribution < -0.4 is 5.32 Å². The van der Waals surface area contributed by atoms with Crippen LogP contribution in [-0.2, 0) is 12.8 Å². The maximum atomic E-state index is 5.40. The predicted octanol–water partition coefficient (Wildman–Crippen LogP) is 3.35. The SMILES string of the molecule is CCNC(Cc1nc(Cc2ccc(Br)cc2)no1)C1CC1. The van der Waals surface area contributed by atoms with Crippen molar-refractivity contribution in [3.8, 4) is 0 Å². The zero-order valence-electron chi connectivity index (χ0n) is 12.2. The fourth-order valence-electron chi connectivity index (χ4n) is 2.58. The van der Waals surface area contributed by atoms with E-state index in [4.69, 9.17) is 4.52 Å². The highest BCUT2D eigenvalue weighted by atomic mass is 79.9. The molecule has 1 saturated carbocycles. The van der Waals surface area contributed by atoms with E-state index in [1.807, 2.05) is 12.1 Å². The van der Waals surface area contributed by atoms with Crippen LogP contribution in [0, 0.1) is 5.92 Å². The third-order valence-electron chi connectivity index (χ3n) is 3.84. The topological polar surface area (TPSA) is 51.0 Å². The highest BCUT2D eigenvalue weighted by Crippen LogP contribution is 2.33. The number of rotatable bonds is 7. The van der Waals surface area contributed by atoms with Crippen molar-refractivity contribution in [1.82, 2.24) is 15.5 Å². The van der Waals surface area contributed by atoms with Gasteiger partial charge in [-0.1, -0.05) is 40.1 Å². The van der Waals surface area contributed by atoms with Crippen LogP contribution in [0.5, 0.6) is 0 Å². The number of nitrogens with zero attached hydrogens (tertiary/aromatic N) is 2. The zero-order valence-corrected chi connectivity index (χ0v) is 13.8. The number of halogens is 1. The molecular formula is C16H20BrN3O. The number of hydrogen-bond acceptors (Lipinski definition) is 4. The fraction of sp³-hybridized carbons (Fsp3) is 0.500. The average molecular weight is 350 g/mol. The molecule has 0 bridgehead atoms. The standard InChI is InChI=1S/C16H20BrN3O/c1-2-18-14(12-5-6-12)10-16-19-15(20-21-16)9-11-3-7-13(17)8-4-11/h3-4,7-8,12,14,18H,2,5-6,9-10H2,1H3. The average Bonchev–Trinajstić information content (AvgIpc) is 3.23. The molecule has 1 unspecified atom stereocenters. The molecule has 1 aromatic heterocycles. The summed E-state index contributed by atoms with van der Waals surface area (Å²) in [5, 5.41) is 7.63. The molecule has 1 N–H and O–H groups in total. The molecule has 0 saturated heterocycles. The molecule has 1 fully saturated rings. The number of likely N-dealkylation sites (N-methyl/N-ethyl adjacent to an activating group) is 1. The van der Waals surface area contributed by atoms with Crippen LogP contribution in [0.15, 0.2) is 33.3 Å². The Balaban J connectivity index is 1.61. The van der Waals surface area contributed by atoms with E-state index in [-0.39, 0.29) is 0 Å². The summed E-state index contributed by atoms with van der Waals surface area (Å²) in [6, 6.07) is 8.70. The summed E-state index contributed by atoms with van der Waals surface area (Å²) in [5.74, 6) is 2.30. The van der Waals surface area contributed by atoms with Gasteiger partial charge in [-0.05, 0) is 43.0 Å². The molecule has 1 aliphatic rings. The smallest absolute Gasteiger partial charge is 0.228 e. The van der Waals surface area contributed by atoms with Crippen molar-refractivity contribution in [3.05, 3.63) is 46.0 Å². The zero-order chi connectivity index (χ0) is 14.7. The van der Waals surface area contributed by atoms with Crippen LogP contribution in [0.3, 0.4) is 0 Å². The van der Waals surface area contributed by atoms with Crippen molar-refractivity contribution in [3.63, 3.8) is 0 Å². The van der Waals surface area contributed by atoms with E-state index in [0.717, 1.165) is 35.1 Å². The Bertz CT molecular complexity index is 577. The number of benzene rings is 1. The maximum absolute atomic E-state index is 5.40. The second-order valence-electron chi connectivity index (χ2n) is 5.61. The Morgan fingerprint density at radius 2 is 2.10 bits per heavy atom. The van der Waals surface area contributed by atoms with Crippen LogP contribution in [0.2, 0.25) is 0 Å². The van der Waals surface area contributed by atoms with Crippen molar-refractivity contribution >= 4 is 15.9 Å². The van der Waals surface area contributed by atoms with Gasteiger partial charge in [0.05, 0.1) is 0 Å². The highest BCUT2D eigenvalue weighted by molar-refractivity contribution is 9.10. The molecule has 2 aromatic rings. The van der Waals surface area contributed by atoms with Gasteiger partial charge in [-0.3, -0.25) is 0 Å². The summed E-state index contributed by atoms with van der Waals surface area (Å²) in [6.07, 6.45) is 4.19. The summed E-state index contributed by atoms with van der Waals surface area (Å²) in [4.78, 5) is 4.53. The normalized spacial score (nSPS) is 16.1. The first-order valence-corrected chi connectivity index (χ1v) is 8.33. The van der Waals surface area contributed by atoms with E-state index < -0.39 is 0 Å². The molecule has 21 heavy (non-hydrogen) atoms.